The molecule has 2 atom stereocenters. The van der Waals surface area contributed by atoms with Crippen LogP contribution < -0.4 is 10.0 Å². The van der Waals surface area contributed by atoms with E-state index in [0.717, 1.165) is 5.56 Å². The molecule has 0 saturated heterocycles. The van der Waals surface area contributed by atoms with E-state index in [1.54, 1.807) is 32.1 Å². The maximum Gasteiger partial charge on any atom is 0.251 e. The summed E-state index contributed by atoms with van der Waals surface area (Å²) in [4.78, 5) is 12.8. The summed E-state index contributed by atoms with van der Waals surface area (Å²) < 4.78 is 42.1. The number of sulfonamides is 1. The number of carbonyl (C=O) groups is 1. The second kappa shape index (κ2) is 10.0. The average Bonchev–Trinajstić information content (AvgIpc) is 2.98. The van der Waals surface area contributed by atoms with Crippen LogP contribution in [-0.4, -0.2) is 20.4 Å². The van der Waals surface area contributed by atoms with Gasteiger partial charge in [-0.15, -0.1) is 0 Å². The molecule has 31 heavy (non-hydrogen) atoms. The Kier molecular flexibility index (Phi) is 7.41. The van der Waals surface area contributed by atoms with Crippen LogP contribution in [0.1, 0.15) is 32.3 Å². The molecule has 2 N–H and O–H groups in total. The Morgan fingerprint density at radius 1 is 1.19 bits per heavy atom. The van der Waals surface area contributed by atoms with Crippen LogP contribution in [0.5, 0.6) is 0 Å². The molecule has 0 saturated carbocycles. The normalized spacial score (nSPS) is 20.0. The SMILES string of the molecule is CC(Cc1ccccc1)NS(=O)(=O)C1=CC=CCC(C(=O)NC2=CC=C(F)C(C)C2)=C1. The van der Waals surface area contributed by atoms with Crippen LogP contribution in [0.25, 0.3) is 0 Å². The van der Waals surface area contributed by atoms with Crippen LogP contribution in [-0.2, 0) is 21.2 Å². The van der Waals surface area contributed by atoms with E-state index in [4.69, 9.17) is 0 Å². The minimum absolute atomic E-state index is 0.0308. The van der Waals surface area contributed by atoms with Gasteiger partial charge in [-0.1, -0.05) is 49.4 Å². The fraction of sp³-hybridized carbons (Fsp3) is 0.292. The molecule has 1 aromatic rings. The molecule has 0 aromatic heterocycles. The molecule has 2 unspecified atom stereocenters. The summed E-state index contributed by atoms with van der Waals surface area (Å²) in [6, 6.07) is 9.31. The van der Waals surface area contributed by atoms with Gasteiger partial charge >= 0.3 is 0 Å². The van der Waals surface area contributed by atoms with Crippen LogP contribution in [0, 0.1) is 5.92 Å². The van der Waals surface area contributed by atoms with E-state index in [1.165, 1.54) is 18.2 Å². The van der Waals surface area contributed by atoms with E-state index in [9.17, 15) is 17.6 Å². The molecule has 0 aliphatic heterocycles. The Morgan fingerprint density at radius 2 is 1.94 bits per heavy atom. The van der Waals surface area contributed by atoms with Crippen molar-refractivity contribution in [3.63, 3.8) is 0 Å². The van der Waals surface area contributed by atoms with Gasteiger partial charge in [-0.05, 0) is 56.1 Å². The molecule has 0 fully saturated rings. The van der Waals surface area contributed by atoms with Crippen molar-refractivity contribution in [2.24, 2.45) is 5.92 Å². The molecule has 0 radical (unpaired) electrons. The van der Waals surface area contributed by atoms with Gasteiger partial charge in [-0.2, -0.15) is 0 Å². The highest BCUT2D eigenvalue weighted by atomic mass is 32.2. The number of hydrogen-bond donors (Lipinski definition) is 2. The minimum Gasteiger partial charge on any atom is -0.326 e. The van der Waals surface area contributed by atoms with Crippen molar-refractivity contribution in [2.45, 2.75) is 39.2 Å². The monoisotopic (exact) mass is 442 g/mol. The van der Waals surface area contributed by atoms with Crippen LogP contribution in [0.2, 0.25) is 0 Å². The number of rotatable bonds is 7. The largest absolute Gasteiger partial charge is 0.326 e. The average molecular weight is 443 g/mol. The highest BCUT2D eigenvalue weighted by molar-refractivity contribution is 7.93. The van der Waals surface area contributed by atoms with Gasteiger partial charge in [0.25, 0.3) is 5.91 Å². The fourth-order valence-corrected chi connectivity index (χ4v) is 4.77. The number of allylic oxidation sites excluding steroid dienone is 8. The van der Waals surface area contributed by atoms with E-state index >= 15 is 0 Å². The van der Waals surface area contributed by atoms with Gasteiger partial charge in [0, 0.05) is 23.2 Å². The second-order valence-electron chi connectivity index (χ2n) is 7.89. The molecule has 2 aliphatic rings. The highest BCUT2D eigenvalue weighted by Crippen LogP contribution is 2.25. The first kappa shape index (κ1) is 22.9. The maximum atomic E-state index is 13.5. The van der Waals surface area contributed by atoms with Crippen LogP contribution in [0.15, 0.2) is 88.8 Å². The summed E-state index contributed by atoms with van der Waals surface area (Å²) in [5.74, 6) is -0.907. The molecular weight excluding hydrogens is 415 g/mol. The molecule has 164 valence electrons. The van der Waals surface area contributed by atoms with E-state index in [-0.39, 0.29) is 28.6 Å². The first-order valence-electron chi connectivity index (χ1n) is 10.3. The zero-order chi connectivity index (χ0) is 22.4. The third-order valence-corrected chi connectivity index (χ3v) is 6.70. The predicted octanol–water partition coefficient (Wildman–Crippen LogP) is 4.20. The first-order valence-corrected chi connectivity index (χ1v) is 11.7. The van der Waals surface area contributed by atoms with Gasteiger partial charge in [0.2, 0.25) is 10.0 Å². The number of hydrogen-bond acceptors (Lipinski definition) is 3. The van der Waals surface area contributed by atoms with Crippen LogP contribution in [0.3, 0.4) is 0 Å². The molecule has 3 rings (SSSR count). The molecule has 0 bridgehead atoms. The van der Waals surface area contributed by atoms with E-state index in [0.29, 0.717) is 30.5 Å². The fourth-order valence-electron chi connectivity index (χ4n) is 3.46. The molecule has 7 heteroatoms. The molecule has 0 heterocycles. The molecule has 1 aromatic carbocycles. The van der Waals surface area contributed by atoms with Crippen molar-refractivity contribution in [3.05, 3.63) is 94.4 Å². The maximum absolute atomic E-state index is 13.5. The van der Waals surface area contributed by atoms with Crippen molar-refractivity contribution in [1.29, 1.82) is 0 Å². The minimum atomic E-state index is -3.81. The Morgan fingerprint density at radius 3 is 2.65 bits per heavy atom. The molecule has 5 nitrogen and oxygen atoms in total. The summed E-state index contributed by atoms with van der Waals surface area (Å²) in [6.45, 7) is 3.55. The lowest BCUT2D eigenvalue weighted by atomic mass is 9.98. The van der Waals surface area contributed by atoms with Gasteiger partial charge in [0.05, 0.1) is 4.91 Å². The summed E-state index contributed by atoms with van der Waals surface area (Å²) >= 11 is 0. The predicted molar refractivity (Wildman–Crippen MR) is 121 cm³/mol. The van der Waals surface area contributed by atoms with Crippen molar-refractivity contribution in [3.8, 4) is 0 Å². The number of nitrogens with one attached hydrogen (secondary N) is 2. The summed E-state index contributed by atoms with van der Waals surface area (Å²) in [5.41, 5.74) is 1.96. The Labute approximate surface area is 183 Å². The first-order chi connectivity index (χ1) is 14.7. The lowest BCUT2D eigenvalue weighted by Gasteiger charge is -2.18. The van der Waals surface area contributed by atoms with Gasteiger partial charge in [-0.25, -0.2) is 17.5 Å². The Balaban J connectivity index is 1.71. The second-order valence-corrected chi connectivity index (χ2v) is 9.60. The van der Waals surface area contributed by atoms with Gasteiger partial charge in [-0.3, -0.25) is 4.79 Å². The highest BCUT2D eigenvalue weighted by Gasteiger charge is 2.23. The molecule has 2 aliphatic carbocycles. The third kappa shape index (κ3) is 6.35. The van der Waals surface area contributed by atoms with Crippen molar-refractivity contribution < 1.29 is 17.6 Å². The summed E-state index contributed by atoms with van der Waals surface area (Å²) in [6.07, 6.45) is 10.4. The zero-order valence-electron chi connectivity index (χ0n) is 17.6. The molecule has 0 spiro atoms. The van der Waals surface area contributed by atoms with Gasteiger partial charge < -0.3 is 5.32 Å². The van der Waals surface area contributed by atoms with E-state index < -0.39 is 10.0 Å². The van der Waals surface area contributed by atoms with Crippen LogP contribution in [0.4, 0.5) is 4.39 Å². The Bertz CT molecular complexity index is 1080. The van der Waals surface area contributed by atoms with Crippen LogP contribution >= 0.6 is 0 Å². The number of halogens is 1. The zero-order valence-corrected chi connectivity index (χ0v) is 18.5. The van der Waals surface area contributed by atoms with Gasteiger partial charge in [0.1, 0.15) is 5.83 Å². The van der Waals surface area contributed by atoms with Crippen molar-refractivity contribution in [1.82, 2.24) is 10.0 Å². The number of carbonyl (C=O) groups excluding carboxylic acids is 1. The van der Waals surface area contributed by atoms with Gasteiger partial charge in [0.15, 0.2) is 0 Å². The van der Waals surface area contributed by atoms with E-state index in [1.807, 2.05) is 30.3 Å². The van der Waals surface area contributed by atoms with Crippen molar-refractivity contribution >= 4 is 15.9 Å². The third-order valence-electron chi connectivity index (χ3n) is 5.11. The molecule has 1 amide bonds. The lowest BCUT2D eigenvalue weighted by Crippen LogP contribution is -2.34. The Hall–Kier alpha value is -2.77. The number of amides is 1. The smallest absolute Gasteiger partial charge is 0.251 e. The molecular formula is C24H27FN2O3S. The van der Waals surface area contributed by atoms with E-state index in [2.05, 4.69) is 10.0 Å². The number of benzene rings is 1. The topological polar surface area (TPSA) is 75.3 Å². The lowest BCUT2D eigenvalue weighted by molar-refractivity contribution is -0.116. The standard InChI is InChI=1S/C24H27FN2O3S/c1-17-14-21(12-13-23(17)25)26-24(28)20-10-6-7-11-22(16-20)31(29,30)27-18(2)15-19-8-4-3-5-9-19/h3-9,11-13,16-18,27H,10,14-15H2,1-2H3,(H,26,28). The summed E-state index contributed by atoms with van der Waals surface area (Å²) in [7, 11) is -3.81. The summed E-state index contributed by atoms with van der Waals surface area (Å²) in [5, 5.41) is 2.78. The van der Waals surface area contributed by atoms with Crippen molar-refractivity contribution in [2.75, 3.05) is 0 Å². The quantitative estimate of drug-likeness (QED) is 0.665.